The molecular weight excluding hydrogens is 498 g/mol. The lowest BCUT2D eigenvalue weighted by molar-refractivity contribution is 0.425. The Kier molecular flexibility index (Phi) is 5.11. The number of hydrogen-bond donors (Lipinski definition) is 0. The van der Waals surface area contributed by atoms with Crippen molar-refractivity contribution in [1.29, 1.82) is 0 Å². The quantitative estimate of drug-likeness (QED) is 0.223. The van der Waals surface area contributed by atoms with E-state index < -0.39 is 5.41 Å². The first-order valence-corrected chi connectivity index (χ1v) is 14.2. The highest BCUT2D eigenvalue weighted by atomic mass is 16.5. The zero-order valence-corrected chi connectivity index (χ0v) is 23.1. The van der Waals surface area contributed by atoms with Crippen molar-refractivity contribution in [3.8, 4) is 33.8 Å². The van der Waals surface area contributed by atoms with Gasteiger partial charge >= 0.3 is 0 Å². The lowest BCUT2D eigenvalue weighted by Crippen LogP contribution is -2.43. The number of fused-ring (bicyclic) bond motifs is 8. The molecule has 2 heterocycles. The van der Waals surface area contributed by atoms with Crippen LogP contribution in [0.3, 0.4) is 0 Å². The van der Waals surface area contributed by atoms with Gasteiger partial charge in [-0.1, -0.05) is 117 Å². The Bertz CT molecular complexity index is 1900. The molecule has 0 fully saturated rings. The van der Waals surface area contributed by atoms with Crippen LogP contribution in [0.5, 0.6) is 11.5 Å². The number of para-hydroxylation sites is 1. The molecule has 0 radical (unpaired) electrons. The number of nitrogens with zero attached hydrogens (tertiary/aromatic N) is 1. The van der Waals surface area contributed by atoms with Gasteiger partial charge in [-0.3, -0.25) is 4.98 Å². The summed E-state index contributed by atoms with van der Waals surface area (Å²) in [5.74, 6) is 1.81. The number of benzene rings is 5. The van der Waals surface area contributed by atoms with E-state index in [1.807, 2.05) is 18.5 Å². The molecule has 1 aromatic heterocycles. The molecule has 0 saturated carbocycles. The number of rotatable bonds is 2. The molecular formula is C39H29NO. The van der Waals surface area contributed by atoms with Gasteiger partial charge < -0.3 is 4.74 Å². The number of pyridine rings is 1. The van der Waals surface area contributed by atoms with Crippen molar-refractivity contribution >= 4 is 0 Å². The fourth-order valence-corrected chi connectivity index (χ4v) is 7.30. The normalized spacial score (nSPS) is 15.2. The maximum atomic E-state index is 6.68. The van der Waals surface area contributed by atoms with Crippen molar-refractivity contribution in [3.63, 3.8) is 0 Å². The first kappa shape index (κ1) is 23.9. The number of aromatic nitrogens is 1. The maximum absolute atomic E-state index is 6.68. The molecule has 6 aromatic rings. The predicted molar refractivity (Wildman–Crippen MR) is 166 cm³/mol. The number of ether oxygens (including phenoxy) is 1. The molecule has 0 N–H and O–H groups in total. The third kappa shape index (κ3) is 3.28. The van der Waals surface area contributed by atoms with Crippen LogP contribution in [-0.4, -0.2) is 4.98 Å². The second-order valence-electron chi connectivity index (χ2n) is 11.6. The second kappa shape index (κ2) is 8.78. The standard InChI is InChI=1S/C39H29NO/c1-38(2)30-15-5-7-17-32(30)39(33-18-8-6-16-31(33)38)34-19-9-10-20-36(34)41-37-22-21-26(24-35(37)39)28-13-3-4-14-29(28)27-12-11-23-40-25-27/h3-25H,1-2H3. The summed E-state index contributed by atoms with van der Waals surface area (Å²) in [7, 11) is 0. The molecule has 2 heteroatoms. The van der Waals surface area contributed by atoms with E-state index in [2.05, 4.69) is 140 Å². The van der Waals surface area contributed by atoms with Crippen molar-refractivity contribution in [3.05, 3.63) is 173 Å². The van der Waals surface area contributed by atoms with Crippen molar-refractivity contribution < 1.29 is 4.74 Å². The van der Waals surface area contributed by atoms with Crippen molar-refractivity contribution in [1.82, 2.24) is 4.98 Å². The molecule has 1 spiro atoms. The summed E-state index contributed by atoms with van der Waals surface area (Å²) in [6.07, 6.45) is 3.76. The second-order valence-corrected chi connectivity index (χ2v) is 11.6. The monoisotopic (exact) mass is 527 g/mol. The lowest BCUT2D eigenvalue weighted by atomic mass is 9.53. The molecule has 0 unspecified atom stereocenters. The smallest absolute Gasteiger partial charge is 0.132 e. The minimum atomic E-state index is -0.522. The Balaban J connectivity index is 1.49. The van der Waals surface area contributed by atoms with Gasteiger partial charge in [0.15, 0.2) is 0 Å². The number of hydrogen-bond acceptors (Lipinski definition) is 2. The van der Waals surface area contributed by atoms with Crippen LogP contribution >= 0.6 is 0 Å². The molecule has 5 aromatic carbocycles. The molecule has 8 rings (SSSR count). The molecule has 0 amide bonds. The largest absolute Gasteiger partial charge is 0.457 e. The summed E-state index contributed by atoms with van der Waals surface area (Å²) >= 11 is 0. The molecule has 2 nitrogen and oxygen atoms in total. The average Bonchev–Trinajstić information content (AvgIpc) is 3.03. The topological polar surface area (TPSA) is 22.1 Å². The predicted octanol–water partition coefficient (Wildman–Crippen LogP) is 9.54. The molecule has 0 saturated heterocycles. The van der Waals surface area contributed by atoms with Crippen LogP contribution in [0, 0.1) is 0 Å². The van der Waals surface area contributed by atoms with E-state index in [-0.39, 0.29) is 5.41 Å². The first-order valence-electron chi connectivity index (χ1n) is 14.2. The summed E-state index contributed by atoms with van der Waals surface area (Å²) in [5.41, 5.74) is 11.6. The molecule has 2 aliphatic rings. The van der Waals surface area contributed by atoms with Crippen LogP contribution in [0.25, 0.3) is 22.3 Å². The van der Waals surface area contributed by atoms with E-state index in [9.17, 15) is 0 Å². The van der Waals surface area contributed by atoms with E-state index in [4.69, 9.17) is 4.74 Å². The van der Waals surface area contributed by atoms with Gasteiger partial charge in [-0.2, -0.15) is 0 Å². The van der Waals surface area contributed by atoms with Crippen LogP contribution in [-0.2, 0) is 10.8 Å². The molecule has 1 aliphatic heterocycles. The van der Waals surface area contributed by atoms with Crippen LogP contribution in [0.2, 0.25) is 0 Å². The fraction of sp³-hybridized carbons (Fsp3) is 0.103. The fourth-order valence-electron chi connectivity index (χ4n) is 7.30. The van der Waals surface area contributed by atoms with Crippen LogP contribution in [0.15, 0.2) is 140 Å². The van der Waals surface area contributed by atoms with Gasteiger partial charge in [0.25, 0.3) is 0 Å². The Hall–Kier alpha value is -4.95. The van der Waals surface area contributed by atoms with Gasteiger partial charge in [0, 0.05) is 34.5 Å². The van der Waals surface area contributed by atoms with E-state index >= 15 is 0 Å². The van der Waals surface area contributed by atoms with Crippen LogP contribution in [0.4, 0.5) is 0 Å². The van der Waals surface area contributed by atoms with E-state index in [1.165, 1.54) is 38.9 Å². The van der Waals surface area contributed by atoms with Crippen molar-refractivity contribution in [2.75, 3.05) is 0 Å². The average molecular weight is 528 g/mol. The maximum Gasteiger partial charge on any atom is 0.132 e. The van der Waals surface area contributed by atoms with Gasteiger partial charge in [0.1, 0.15) is 11.5 Å². The first-order chi connectivity index (χ1) is 20.1. The highest BCUT2D eigenvalue weighted by Gasteiger charge is 2.52. The minimum Gasteiger partial charge on any atom is -0.457 e. The van der Waals surface area contributed by atoms with Gasteiger partial charge in [-0.15, -0.1) is 0 Å². The zero-order valence-electron chi connectivity index (χ0n) is 23.1. The molecule has 196 valence electrons. The Morgan fingerprint density at radius 3 is 1.71 bits per heavy atom. The summed E-state index contributed by atoms with van der Waals surface area (Å²) in [6, 6.07) is 46.0. The van der Waals surface area contributed by atoms with Gasteiger partial charge in [-0.25, -0.2) is 0 Å². The van der Waals surface area contributed by atoms with Gasteiger partial charge in [0.05, 0.1) is 5.41 Å². The molecule has 1 aliphatic carbocycles. The van der Waals surface area contributed by atoms with Crippen molar-refractivity contribution in [2.24, 2.45) is 0 Å². The highest BCUT2D eigenvalue weighted by molar-refractivity contribution is 5.85. The van der Waals surface area contributed by atoms with E-state index in [1.54, 1.807) is 0 Å². The Labute approximate surface area is 240 Å². The molecule has 41 heavy (non-hydrogen) atoms. The lowest BCUT2D eigenvalue weighted by Gasteiger charge is -2.50. The SMILES string of the molecule is CC1(C)c2ccccc2C2(c3ccccc3Oc3ccc(-c4ccccc4-c4cccnc4)cc32)c2ccccc21. The summed E-state index contributed by atoms with van der Waals surface area (Å²) in [4.78, 5) is 4.40. The Morgan fingerprint density at radius 2 is 1.05 bits per heavy atom. The molecule has 0 bridgehead atoms. The van der Waals surface area contributed by atoms with E-state index in [0.717, 1.165) is 28.2 Å². The third-order valence-electron chi connectivity index (χ3n) is 9.11. The van der Waals surface area contributed by atoms with Gasteiger partial charge in [-0.05, 0) is 63.2 Å². The third-order valence-corrected chi connectivity index (χ3v) is 9.11. The molecule has 0 atom stereocenters. The van der Waals surface area contributed by atoms with Crippen LogP contribution < -0.4 is 4.74 Å². The van der Waals surface area contributed by atoms with E-state index in [0.29, 0.717) is 0 Å². The summed E-state index contributed by atoms with van der Waals surface area (Å²) in [6.45, 7) is 4.70. The summed E-state index contributed by atoms with van der Waals surface area (Å²) < 4.78 is 6.68. The highest BCUT2D eigenvalue weighted by Crippen LogP contribution is 2.61. The van der Waals surface area contributed by atoms with Gasteiger partial charge in [0.2, 0.25) is 0 Å². The van der Waals surface area contributed by atoms with Crippen molar-refractivity contribution in [2.45, 2.75) is 24.7 Å². The Morgan fingerprint density at radius 1 is 0.488 bits per heavy atom. The van der Waals surface area contributed by atoms with Crippen LogP contribution in [0.1, 0.15) is 47.2 Å². The summed E-state index contributed by atoms with van der Waals surface area (Å²) in [5, 5.41) is 0. The minimum absolute atomic E-state index is 0.142. The zero-order chi connectivity index (χ0) is 27.6.